The van der Waals surface area contributed by atoms with Crippen LogP contribution in [0.25, 0.3) is 10.2 Å². The first kappa shape index (κ1) is 14.9. The molecule has 0 aliphatic heterocycles. The number of benzene rings is 1. The third kappa shape index (κ3) is 2.97. The zero-order chi connectivity index (χ0) is 15.0. The number of thiazole rings is 1. The van der Waals surface area contributed by atoms with Crippen molar-refractivity contribution in [3.63, 3.8) is 0 Å². The van der Waals surface area contributed by atoms with E-state index in [0.717, 1.165) is 15.1 Å². The van der Waals surface area contributed by atoms with Gasteiger partial charge in [0.2, 0.25) is 0 Å². The monoisotopic (exact) mass is 403 g/mol. The van der Waals surface area contributed by atoms with Gasteiger partial charge in [-0.25, -0.2) is 13.4 Å². The van der Waals surface area contributed by atoms with Gasteiger partial charge in [-0.15, -0.1) is 22.7 Å². The molecule has 0 atom stereocenters. The van der Waals surface area contributed by atoms with Crippen LogP contribution >= 0.6 is 38.6 Å². The van der Waals surface area contributed by atoms with E-state index >= 15 is 0 Å². The van der Waals surface area contributed by atoms with Gasteiger partial charge in [-0.05, 0) is 40.2 Å². The van der Waals surface area contributed by atoms with Crippen LogP contribution in [0.15, 0.2) is 38.5 Å². The van der Waals surface area contributed by atoms with E-state index in [1.807, 2.05) is 0 Å². The van der Waals surface area contributed by atoms with Crippen molar-refractivity contribution in [2.45, 2.75) is 11.4 Å². The summed E-state index contributed by atoms with van der Waals surface area (Å²) in [6, 6.07) is 6.85. The summed E-state index contributed by atoms with van der Waals surface area (Å²) >= 11 is 6.06. The van der Waals surface area contributed by atoms with Gasteiger partial charge >= 0.3 is 0 Å². The van der Waals surface area contributed by atoms with Gasteiger partial charge < -0.3 is 5.73 Å². The summed E-state index contributed by atoms with van der Waals surface area (Å²) < 4.78 is 28.9. The van der Waals surface area contributed by atoms with Crippen molar-refractivity contribution in [3.05, 3.63) is 38.4 Å². The number of sulfonamides is 1. The Kier molecular flexibility index (Phi) is 4.02. The third-order valence-electron chi connectivity index (χ3n) is 2.78. The van der Waals surface area contributed by atoms with Crippen molar-refractivity contribution in [2.24, 2.45) is 5.73 Å². The van der Waals surface area contributed by atoms with E-state index in [2.05, 4.69) is 25.6 Å². The largest absolute Gasteiger partial charge is 0.326 e. The maximum Gasteiger partial charge on any atom is 0.263 e. The molecule has 3 rings (SSSR count). The van der Waals surface area contributed by atoms with Crippen molar-refractivity contribution in [1.82, 2.24) is 4.98 Å². The predicted octanol–water partition coefficient (Wildman–Crippen LogP) is 3.38. The molecule has 0 spiro atoms. The van der Waals surface area contributed by atoms with Crippen molar-refractivity contribution in [2.75, 3.05) is 4.72 Å². The number of fused-ring (bicyclic) bond motifs is 1. The van der Waals surface area contributed by atoms with E-state index in [0.29, 0.717) is 16.0 Å². The van der Waals surface area contributed by atoms with Crippen molar-refractivity contribution in [3.8, 4) is 0 Å². The fourth-order valence-corrected chi connectivity index (χ4v) is 6.14. The summed E-state index contributed by atoms with van der Waals surface area (Å²) in [6.07, 6.45) is 0. The molecule has 0 amide bonds. The van der Waals surface area contributed by atoms with Crippen LogP contribution in [0.1, 0.15) is 4.88 Å². The molecule has 2 aromatic heterocycles. The third-order valence-corrected chi connectivity index (χ3v) is 7.23. The molecule has 110 valence electrons. The van der Waals surface area contributed by atoms with Crippen LogP contribution in [0.3, 0.4) is 0 Å². The average Bonchev–Trinajstić information content (AvgIpc) is 3.04. The highest BCUT2D eigenvalue weighted by molar-refractivity contribution is 9.11. The highest BCUT2D eigenvalue weighted by Crippen LogP contribution is 2.33. The Morgan fingerprint density at radius 3 is 2.86 bits per heavy atom. The quantitative estimate of drug-likeness (QED) is 0.698. The van der Waals surface area contributed by atoms with Crippen LogP contribution in [0, 0.1) is 0 Å². The minimum Gasteiger partial charge on any atom is -0.326 e. The number of nitrogens with zero attached hydrogens (tertiary/aromatic N) is 1. The minimum absolute atomic E-state index is 0.206. The molecular formula is C12H10BrN3O2S3. The van der Waals surface area contributed by atoms with Gasteiger partial charge in [-0.2, -0.15) is 0 Å². The number of rotatable bonds is 4. The lowest BCUT2D eigenvalue weighted by molar-refractivity contribution is 0.601. The van der Waals surface area contributed by atoms with Crippen molar-refractivity contribution in [1.29, 1.82) is 0 Å². The number of aromatic nitrogens is 1. The van der Waals surface area contributed by atoms with Crippen molar-refractivity contribution < 1.29 is 8.42 Å². The highest BCUT2D eigenvalue weighted by atomic mass is 79.9. The second-order valence-corrected chi connectivity index (χ2v) is 9.19. The zero-order valence-electron chi connectivity index (χ0n) is 10.5. The van der Waals surface area contributed by atoms with Gasteiger partial charge in [0.05, 0.1) is 25.2 Å². The topological polar surface area (TPSA) is 85.1 Å². The maximum absolute atomic E-state index is 12.4. The Bertz CT molecular complexity index is 902. The summed E-state index contributed by atoms with van der Waals surface area (Å²) in [4.78, 5) is 5.18. The van der Waals surface area contributed by atoms with Crippen molar-refractivity contribution >= 4 is 64.5 Å². The van der Waals surface area contributed by atoms with Crippen LogP contribution in [-0.2, 0) is 16.6 Å². The molecular weight excluding hydrogens is 394 g/mol. The fraction of sp³-hybridized carbons (Fsp3) is 0.0833. The normalized spacial score (nSPS) is 11.9. The van der Waals surface area contributed by atoms with Crippen LogP contribution in [0.5, 0.6) is 0 Å². The smallest absolute Gasteiger partial charge is 0.263 e. The number of anilines is 1. The number of nitrogens with one attached hydrogen (secondary N) is 1. The van der Waals surface area contributed by atoms with Gasteiger partial charge in [0.15, 0.2) is 0 Å². The summed E-state index contributed by atoms with van der Waals surface area (Å²) in [7, 11) is -3.64. The van der Waals surface area contributed by atoms with E-state index in [-0.39, 0.29) is 4.90 Å². The Labute approximate surface area is 138 Å². The van der Waals surface area contributed by atoms with E-state index in [1.54, 1.807) is 29.8 Å². The summed E-state index contributed by atoms with van der Waals surface area (Å²) in [5.41, 5.74) is 8.64. The van der Waals surface area contributed by atoms with E-state index in [9.17, 15) is 8.42 Å². The first-order valence-electron chi connectivity index (χ1n) is 5.84. The van der Waals surface area contributed by atoms with E-state index in [4.69, 9.17) is 5.73 Å². The molecule has 0 unspecified atom stereocenters. The second-order valence-electron chi connectivity index (χ2n) is 4.20. The molecule has 0 saturated heterocycles. The number of nitrogens with two attached hydrogens (primary N) is 1. The second kappa shape index (κ2) is 5.65. The van der Waals surface area contributed by atoms with Crippen LogP contribution in [0.2, 0.25) is 0 Å². The van der Waals surface area contributed by atoms with Gasteiger partial charge in [0, 0.05) is 11.4 Å². The Hall–Kier alpha value is -1.00. The molecule has 0 bridgehead atoms. The summed E-state index contributed by atoms with van der Waals surface area (Å²) in [6.45, 7) is 0.311. The average molecular weight is 404 g/mol. The molecule has 3 aromatic rings. The molecule has 0 fully saturated rings. The molecule has 2 heterocycles. The molecule has 21 heavy (non-hydrogen) atoms. The lowest BCUT2D eigenvalue weighted by Crippen LogP contribution is -2.12. The number of hydrogen-bond donors (Lipinski definition) is 2. The molecule has 3 N–H and O–H groups in total. The summed E-state index contributed by atoms with van der Waals surface area (Å²) in [5.74, 6) is 0. The molecule has 0 saturated carbocycles. The lowest BCUT2D eigenvalue weighted by Gasteiger charge is -2.07. The number of halogens is 1. The molecule has 0 radical (unpaired) electrons. The Morgan fingerprint density at radius 2 is 2.14 bits per heavy atom. The van der Waals surface area contributed by atoms with Gasteiger partial charge in [-0.1, -0.05) is 0 Å². The van der Waals surface area contributed by atoms with Crippen LogP contribution in [-0.4, -0.2) is 13.4 Å². The Morgan fingerprint density at radius 1 is 1.33 bits per heavy atom. The first-order valence-corrected chi connectivity index (χ1v) is 9.81. The van der Waals surface area contributed by atoms with Gasteiger partial charge in [-0.3, -0.25) is 4.72 Å². The Balaban J connectivity index is 1.96. The zero-order valence-corrected chi connectivity index (χ0v) is 14.6. The standard InChI is InChI=1S/C12H10BrN3O2S3/c13-12-11(4-8(5-14)20-12)21(17,18)16-7-1-2-9-10(3-7)19-6-15-9/h1-4,6,16H,5,14H2. The summed E-state index contributed by atoms with van der Waals surface area (Å²) in [5, 5.41) is 0. The lowest BCUT2D eigenvalue weighted by atomic mass is 10.3. The SMILES string of the molecule is NCc1cc(S(=O)(=O)Nc2ccc3ncsc3c2)c(Br)s1. The van der Waals surface area contributed by atoms with Gasteiger partial charge in [0.1, 0.15) is 4.90 Å². The fourth-order valence-electron chi connectivity index (χ4n) is 1.81. The molecule has 0 aliphatic rings. The van der Waals surface area contributed by atoms with Crippen LogP contribution in [0.4, 0.5) is 5.69 Å². The molecule has 9 heteroatoms. The van der Waals surface area contributed by atoms with E-state index in [1.165, 1.54) is 22.7 Å². The molecule has 5 nitrogen and oxygen atoms in total. The number of hydrogen-bond acceptors (Lipinski definition) is 6. The number of thiophene rings is 1. The minimum atomic E-state index is -3.64. The highest BCUT2D eigenvalue weighted by Gasteiger charge is 2.21. The molecule has 1 aromatic carbocycles. The van der Waals surface area contributed by atoms with E-state index < -0.39 is 10.0 Å². The van der Waals surface area contributed by atoms with Gasteiger partial charge in [0.25, 0.3) is 10.0 Å². The molecule has 0 aliphatic carbocycles. The van der Waals surface area contributed by atoms with Crippen LogP contribution < -0.4 is 10.5 Å². The first-order chi connectivity index (χ1) is 9.99. The maximum atomic E-state index is 12.4. The predicted molar refractivity (Wildman–Crippen MR) is 90.3 cm³/mol.